The highest BCUT2D eigenvalue weighted by molar-refractivity contribution is 5.29. The van der Waals surface area contributed by atoms with Crippen LogP contribution in [0, 0.1) is 0 Å². The molecule has 1 aliphatic carbocycles. The van der Waals surface area contributed by atoms with Crippen LogP contribution in [0.3, 0.4) is 0 Å². The topological polar surface area (TPSA) is 29.5 Å². The molecule has 1 fully saturated rings. The number of hydrogen-bond donors (Lipinski definition) is 1. The van der Waals surface area contributed by atoms with E-state index < -0.39 is 0 Å². The molecule has 2 unspecified atom stereocenters. The standard InChI is InChI=1S/C14H20O2/c1-16-14-9-6-12(7-10-14)11-3-2-4-13(15)8-5-11/h6-7,9-11,13,15H,2-5,8H2,1H3. The molecule has 0 saturated heterocycles. The minimum absolute atomic E-state index is 0.0803. The highest BCUT2D eigenvalue weighted by Gasteiger charge is 2.18. The molecule has 0 aromatic heterocycles. The molecule has 0 bridgehead atoms. The molecule has 0 aliphatic heterocycles. The second kappa shape index (κ2) is 5.35. The van der Waals surface area contributed by atoms with Crippen LogP contribution in [0.4, 0.5) is 0 Å². The zero-order chi connectivity index (χ0) is 11.4. The lowest BCUT2D eigenvalue weighted by Crippen LogP contribution is -2.03. The average molecular weight is 220 g/mol. The van der Waals surface area contributed by atoms with Gasteiger partial charge in [-0.1, -0.05) is 18.6 Å². The summed E-state index contributed by atoms with van der Waals surface area (Å²) in [5.41, 5.74) is 1.38. The first kappa shape index (κ1) is 11.5. The third-order valence-electron chi connectivity index (χ3n) is 3.53. The van der Waals surface area contributed by atoms with Gasteiger partial charge in [0.25, 0.3) is 0 Å². The maximum Gasteiger partial charge on any atom is 0.118 e. The van der Waals surface area contributed by atoms with Crippen molar-refractivity contribution in [1.82, 2.24) is 0 Å². The first-order chi connectivity index (χ1) is 7.79. The van der Waals surface area contributed by atoms with E-state index in [-0.39, 0.29) is 6.10 Å². The summed E-state index contributed by atoms with van der Waals surface area (Å²) in [6.07, 6.45) is 5.27. The van der Waals surface area contributed by atoms with Gasteiger partial charge in [-0.15, -0.1) is 0 Å². The van der Waals surface area contributed by atoms with Crippen molar-refractivity contribution in [3.63, 3.8) is 0 Å². The number of methoxy groups -OCH3 is 1. The Hall–Kier alpha value is -1.02. The van der Waals surface area contributed by atoms with Crippen LogP contribution in [0.2, 0.25) is 0 Å². The summed E-state index contributed by atoms with van der Waals surface area (Å²) in [5, 5.41) is 9.62. The van der Waals surface area contributed by atoms with Gasteiger partial charge in [0, 0.05) is 0 Å². The van der Waals surface area contributed by atoms with Gasteiger partial charge in [-0.2, -0.15) is 0 Å². The summed E-state index contributed by atoms with van der Waals surface area (Å²) in [6.45, 7) is 0. The van der Waals surface area contributed by atoms with Gasteiger partial charge in [0.1, 0.15) is 5.75 Å². The van der Waals surface area contributed by atoms with Gasteiger partial charge in [0.15, 0.2) is 0 Å². The highest BCUT2D eigenvalue weighted by Crippen LogP contribution is 2.32. The highest BCUT2D eigenvalue weighted by atomic mass is 16.5. The van der Waals surface area contributed by atoms with E-state index in [9.17, 15) is 5.11 Å². The molecule has 0 spiro atoms. The summed E-state index contributed by atoms with van der Waals surface area (Å²) < 4.78 is 5.16. The van der Waals surface area contributed by atoms with Crippen LogP contribution in [0.15, 0.2) is 24.3 Å². The Labute approximate surface area is 97.3 Å². The van der Waals surface area contributed by atoms with E-state index in [1.807, 2.05) is 12.1 Å². The number of rotatable bonds is 2. The third kappa shape index (κ3) is 2.76. The lowest BCUT2D eigenvalue weighted by molar-refractivity contribution is 0.157. The van der Waals surface area contributed by atoms with Crippen molar-refractivity contribution >= 4 is 0 Å². The van der Waals surface area contributed by atoms with Crippen molar-refractivity contribution in [1.29, 1.82) is 0 Å². The van der Waals surface area contributed by atoms with Crippen molar-refractivity contribution in [3.8, 4) is 5.75 Å². The first-order valence-corrected chi connectivity index (χ1v) is 6.11. The van der Waals surface area contributed by atoms with Crippen LogP contribution in [0.25, 0.3) is 0 Å². The Morgan fingerprint density at radius 2 is 1.81 bits per heavy atom. The van der Waals surface area contributed by atoms with Crippen LogP contribution in [-0.4, -0.2) is 18.3 Å². The van der Waals surface area contributed by atoms with Gasteiger partial charge in [0.2, 0.25) is 0 Å². The molecular formula is C14H20O2. The maximum absolute atomic E-state index is 9.62. The predicted octanol–water partition coefficient (Wildman–Crippen LogP) is 3.10. The minimum atomic E-state index is -0.0803. The summed E-state index contributed by atoms with van der Waals surface area (Å²) in [4.78, 5) is 0. The quantitative estimate of drug-likeness (QED) is 0.776. The normalized spacial score (nSPS) is 26.1. The van der Waals surface area contributed by atoms with Crippen LogP contribution >= 0.6 is 0 Å². The van der Waals surface area contributed by atoms with Gasteiger partial charge in [0.05, 0.1) is 13.2 Å². The lowest BCUT2D eigenvalue weighted by atomic mass is 9.92. The Morgan fingerprint density at radius 3 is 2.50 bits per heavy atom. The molecule has 1 aromatic rings. The number of benzene rings is 1. The molecule has 0 heterocycles. The van der Waals surface area contributed by atoms with E-state index in [0.717, 1.165) is 31.4 Å². The van der Waals surface area contributed by atoms with E-state index in [1.54, 1.807) is 7.11 Å². The zero-order valence-electron chi connectivity index (χ0n) is 9.86. The van der Waals surface area contributed by atoms with Gasteiger partial charge >= 0.3 is 0 Å². The molecule has 1 saturated carbocycles. The lowest BCUT2D eigenvalue weighted by Gasteiger charge is -2.14. The predicted molar refractivity (Wildman–Crippen MR) is 64.8 cm³/mol. The molecule has 2 rings (SSSR count). The third-order valence-corrected chi connectivity index (χ3v) is 3.53. The fraction of sp³-hybridized carbons (Fsp3) is 0.571. The fourth-order valence-electron chi connectivity index (χ4n) is 2.49. The molecule has 1 aliphatic rings. The molecule has 88 valence electrons. The van der Waals surface area contributed by atoms with Crippen LogP contribution in [-0.2, 0) is 0 Å². The number of aliphatic hydroxyl groups is 1. The molecule has 2 heteroatoms. The van der Waals surface area contributed by atoms with E-state index >= 15 is 0 Å². The smallest absolute Gasteiger partial charge is 0.118 e. The van der Waals surface area contributed by atoms with Crippen LogP contribution in [0.1, 0.15) is 43.6 Å². The van der Waals surface area contributed by atoms with E-state index in [0.29, 0.717) is 5.92 Å². The van der Waals surface area contributed by atoms with Crippen molar-refractivity contribution in [3.05, 3.63) is 29.8 Å². The Bertz CT molecular complexity index is 318. The number of aliphatic hydroxyl groups excluding tert-OH is 1. The molecule has 1 N–H and O–H groups in total. The van der Waals surface area contributed by atoms with Crippen LogP contribution < -0.4 is 4.74 Å². The van der Waals surface area contributed by atoms with Gasteiger partial charge in [-0.25, -0.2) is 0 Å². The molecule has 2 atom stereocenters. The molecule has 0 amide bonds. The van der Waals surface area contributed by atoms with E-state index in [4.69, 9.17) is 4.74 Å². The Morgan fingerprint density at radius 1 is 1.06 bits per heavy atom. The minimum Gasteiger partial charge on any atom is -0.497 e. The number of hydrogen-bond acceptors (Lipinski definition) is 2. The van der Waals surface area contributed by atoms with Crippen molar-refractivity contribution in [2.75, 3.05) is 7.11 Å². The number of ether oxygens (including phenoxy) is 1. The van der Waals surface area contributed by atoms with Crippen molar-refractivity contribution in [2.24, 2.45) is 0 Å². The summed E-state index contributed by atoms with van der Waals surface area (Å²) >= 11 is 0. The van der Waals surface area contributed by atoms with Crippen molar-refractivity contribution in [2.45, 2.75) is 44.1 Å². The van der Waals surface area contributed by atoms with Gasteiger partial charge in [-0.3, -0.25) is 0 Å². The fourth-order valence-corrected chi connectivity index (χ4v) is 2.49. The molecule has 16 heavy (non-hydrogen) atoms. The Balaban J connectivity index is 2.04. The molecular weight excluding hydrogens is 200 g/mol. The first-order valence-electron chi connectivity index (χ1n) is 6.11. The summed E-state index contributed by atoms with van der Waals surface area (Å²) in [5.74, 6) is 1.53. The Kier molecular flexibility index (Phi) is 3.83. The molecule has 0 radical (unpaired) electrons. The SMILES string of the molecule is COc1ccc(C2CCCC(O)CC2)cc1. The molecule has 2 nitrogen and oxygen atoms in total. The average Bonchev–Trinajstić information content (AvgIpc) is 2.54. The van der Waals surface area contributed by atoms with E-state index in [1.165, 1.54) is 12.0 Å². The second-order valence-electron chi connectivity index (χ2n) is 4.63. The largest absolute Gasteiger partial charge is 0.497 e. The molecule has 1 aromatic carbocycles. The van der Waals surface area contributed by atoms with E-state index in [2.05, 4.69) is 12.1 Å². The summed E-state index contributed by atoms with van der Waals surface area (Å²) in [7, 11) is 1.69. The van der Waals surface area contributed by atoms with Crippen LogP contribution in [0.5, 0.6) is 5.75 Å². The maximum atomic E-state index is 9.62. The summed E-state index contributed by atoms with van der Waals surface area (Å²) in [6, 6.07) is 8.36. The van der Waals surface area contributed by atoms with Gasteiger partial charge < -0.3 is 9.84 Å². The zero-order valence-corrected chi connectivity index (χ0v) is 9.86. The van der Waals surface area contributed by atoms with Gasteiger partial charge in [-0.05, 0) is 49.3 Å². The second-order valence-corrected chi connectivity index (χ2v) is 4.63. The monoisotopic (exact) mass is 220 g/mol. The van der Waals surface area contributed by atoms with Crippen molar-refractivity contribution < 1.29 is 9.84 Å².